The molecule has 0 heterocycles. The molecule has 19 heavy (non-hydrogen) atoms. The van der Waals surface area contributed by atoms with Crippen molar-refractivity contribution in [2.45, 2.75) is 44.2 Å². The van der Waals surface area contributed by atoms with E-state index in [0.717, 1.165) is 24.1 Å². The summed E-state index contributed by atoms with van der Waals surface area (Å²) in [6, 6.07) is 7.31. The molecule has 0 spiro atoms. The van der Waals surface area contributed by atoms with Gasteiger partial charge in [-0.25, -0.2) is 0 Å². The summed E-state index contributed by atoms with van der Waals surface area (Å²) >= 11 is 0. The van der Waals surface area contributed by atoms with Crippen molar-refractivity contribution in [1.29, 1.82) is 0 Å². The summed E-state index contributed by atoms with van der Waals surface area (Å²) in [4.78, 5) is 12.1. The minimum atomic E-state index is -0.288. The molecule has 3 N–H and O–H groups in total. The van der Waals surface area contributed by atoms with Crippen molar-refractivity contribution in [2.24, 2.45) is 0 Å². The van der Waals surface area contributed by atoms with Crippen molar-refractivity contribution in [2.75, 3.05) is 12.8 Å². The Balaban J connectivity index is 1.91. The maximum absolute atomic E-state index is 12.1. The summed E-state index contributed by atoms with van der Waals surface area (Å²) in [5, 5.41) is 3.03. The van der Waals surface area contributed by atoms with Gasteiger partial charge in [-0.1, -0.05) is 12.1 Å². The van der Waals surface area contributed by atoms with E-state index < -0.39 is 0 Å². The fourth-order valence-corrected chi connectivity index (χ4v) is 2.45. The minimum absolute atomic E-state index is 0.120. The largest absolute Gasteiger partial charge is 0.461 e. The Labute approximate surface area is 114 Å². The number of hydrogen-bond acceptors (Lipinski definition) is 4. The number of nitrogens with two attached hydrogens (primary N) is 1. The van der Waals surface area contributed by atoms with Crippen molar-refractivity contribution >= 4 is 11.7 Å². The summed E-state index contributed by atoms with van der Waals surface area (Å²) < 4.78 is 5.53. The number of carbonyl (C=O) groups excluding carboxylic acids is 1. The Hall–Kier alpha value is -1.55. The number of nitrogen functional groups attached to an aromatic ring is 1. The van der Waals surface area contributed by atoms with E-state index in [2.05, 4.69) is 5.32 Å². The predicted molar refractivity (Wildman–Crippen MR) is 75.8 cm³/mol. The molecule has 1 fully saturated rings. The van der Waals surface area contributed by atoms with Crippen LogP contribution in [-0.2, 0) is 16.0 Å². The van der Waals surface area contributed by atoms with Crippen LogP contribution >= 0.6 is 0 Å². The van der Waals surface area contributed by atoms with E-state index in [1.54, 1.807) is 7.05 Å². The van der Waals surface area contributed by atoms with Gasteiger partial charge in [0.05, 0.1) is 0 Å². The van der Waals surface area contributed by atoms with Crippen LogP contribution in [0.2, 0.25) is 0 Å². The normalized spacial score (nSPS) is 17.3. The maximum Gasteiger partial charge on any atom is 0.323 e. The molecule has 1 aromatic carbocycles. The van der Waals surface area contributed by atoms with Crippen molar-refractivity contribution in [3.8, 4) is 0 Å². The molecule has 1 aromatic rings. The number of nitrogens with one attached hydrogen (secondary N) is 1. The molecule has 4 heteroatoms. The summed E-state index contributed by atoms with van der Waals surface area (Å²) in [6.45, 7) is 0. The SMILES string of the molecule is CN[C@@H](Cc1ccc(N)cc1)C(=O)OC1CCCC1. The zero-order valence-corrected chi connectivity index (χ0v) is 11.4. The van der Waals surface area contributed by atoms with E-state index in [4.69, 9.17) is 10.5 Å². The van der Waals surface area contributed by atoms with Gasteiger partial charge < -0.3 is 15.8 Å². The van der Waals surface area contributed by atoms with Gasteiger partial charge in [0.2, 0.25) is 0 Å². The number of carbonyl (C=O) groups is 1. The van der Waals surface area contributed by atoms with Gasteiger partial charge in [-0.15, -0.1) is 0 Å². The van der Waals surface area contributed by atoms with Gasteiger partial charge in [0.25, 0.3) is 0 Å². The highest BCUT2D eigenvalue weighted by atomic mass is 16.5. The summed E-state index contributed by atoms with van der Waals surface area (Å²) in [6.07, 6.45) is 5.09. The van der Waals surface area contributed by atoms with Gasteiger partial charge in [0, 0.05) is 5.69 Å². The molecule has 0 bridgehead atoms. The van der Waals surface area contributed by atoms with Gasteiger partial charge in [-0.2, -0.15) is 0 Å². The molecule has 0 aliphatic heterocycles. The third-order valence-corrected chi connectivity index (χ3v) is 3.64. The lowest BCUT2D eigenvalue weighted by Crippen LogP contribution is -2.39. The molecule has 0 amide bonds. The Kier molecular flexibility index (Phi) is 4.80. The highest BCUT2D eigenvalue weighted by molar-refractivity contribution is 5.76. The zero-order valence-electron chi connectivity index (χ0n) is 11.4. The number of likely N-dealkylation sites (N-methyl/N-ethyl adjacent to an activating group) is 1. The number of benzene rings is 1. The van der Waals surface area contributed by atoms with Gasteiger partial charge in [-0.3, -0.25) is 4.79 Å². The van der Waals surface area contributed by atoms with Gasteiger partial charge in [0.15, 0.2) is 0 Å². The minimum Gasteiger partial charge on any atom is -0.461 e. The van der Waals surface area contributed by atoms with Crippen LogP contribution in [-0.4, -0.2) is 25.2 Å². The second-order valence-corrected chi connectivity index (χ2v) is 5.13. The number of anilines is 1. The third-order valence-electron chi connectivity index (χ3n) is 3.64. The smallest absolute Gasteiger partial charge is 0.323 e. The number of ether oxygens (including phenoxy) is 1. The molecule has 1 atom stereocenters. The molecule has 0 radical (unpaired) electrons. The van der Waals surface area contributed by atoms with Crippen molar-refractivity contribution in [3.05, 3.63) is 29.8 Å². The molecule has 104 valence electrons. The lowest BCUT2D eigenvalue weighted by atomic mass is 10.1. The van der Waals surface area contributed by atoms with Crippen LogP contribution in [0.4, 0.5) is 5.69 Å². The van der Waals surface area contributed by atoms with Crippen LogP contribution in [0.5, 0.6) is 0 Å². The molecular formula is C15H22N2O2. The van der Waals surface area contributed by atoms with Crippen LogP contribution in [0.1, 0.15) is 31.2 Å². The highest BCUT2D eigenvalue weighted by Crippen LogP contribution is 2.21. The van der Waals surface area contributed by atoms with Crippen LogP contribution < -0.4 is 11.1 Å². The number of rotatable bonds is 5. The van der Waals surface area contributed by atoms with Crippen LogP contribution in [0.25, 0.3) is 0 Å². The van der Waals surface area contributed by atoms with E-state index >= 15 is 0 Å². The first-order valence-corrected chi connectivity index (χ1v) is 6.91. The molecule has 0 unspecified atom stereocenters. The molecule has 1 saturated carbocycles. The van der Waals surface area contributed by atoms with E-state index in [-0.39, 0.29) is 18.1 Å². The summed E-state index contributed by atoms with van der Waals surface area (Å²) in [5.74, 6) is -0.147. The molecule has 2 rings (SSSR count). The number of esters is 1. The predicted octanol–water partition coefficient (Wildman–Crippen LogP) is 1.89. The first kappa shape index (κ1) is 13.9. The maximum atomic E-state index is 12.1. The Morgan fingerprint density at radius 1 is 1.37 bits per heavy atom. The highest BCUT2D eigenvalue weighted by Gasteiger charge is 2.24. The third kappa shape index (κ3) is 3.96. The van der Waals surface area contributed by atoms with Crippen LogP contribution in [0.3, 0.4) is 0 Å². The second-order valence-electron chi connectivity index (χ2n) is 5.13. The first-order chi connectivity index (χ1) is 9.19. The zero-order chi connectivity index (χ0) is 13.7. The Bertz CT molecular complexity index is 411. The van der Waals surface area contributed by atoms with Gasteiger partial charge >= 0.3 is 5.97 Å². The topological polar surface area (TPSA) is 64.3 Å². The average Bonchev–Trinajstić information content (AvgIpc) is 2.90. The van der Waals surface area contributed by atoms with E-state index in [9.17, 15) is 4.79 Å². The fourth-order valence-electron chi connectivity index (χ4n) is 2.45. The summed E-state index contributed by atoms with van der Waals surface area (Å²) in [5.41, 5.74) is 7.47. The van der Waals surface area contributed by atoms with E-state index in [0.29, 0.717) is 6.42 Å². The van der Waals surface area contributed by atoms with Crippen LogP contribution in [0.15, 0.2) is 24.3 Å². The molecule has 0 saturated heterocycles. The Morgan fingerprint density at radius 2 is 2.00 bits per heavy atom. The first-order valence-electron chi connectivity index (χ1n) is 6.91. The van der Waals surface area contributed by atoms with Crippen molar-refractivity contribution in [1.82, 2.24) is 5.32 Å². The molecule has 1 aliphatic rings. The van der Waals surface area contributed by atoms with Gasteiger partial charge in [-0.05, 0) is 56.8 Å². The molecular weight excluding hydrogens is 240 g/mol. The fraction of sp³-hybridized carbons (Fsp3) is 0.533. The molecule has 4 nitrogen and oxygen atoms in total. The van der Waals surface area contributed by atoms with E-state index in [1.165, 1.54) is 12.8 Å². The van der Waals surface area contributed by atoms with Gasteiger partial charge in [0.1, 0.15) is 12.1 Å². The monoisotopic (exact) mass is 262 g/mol. The van der Waals surface area contributed by atoms with Crippen molar-refractivity contribution in [3.63, 3.8) is 0 Å². The van der Waals surface area contributed by atoms with Crippen molar-refractivity contribution < 1.29 is 9.53 Å². The van der Waals surface area contributed by atoms with Crippen LogP contribution in [0, 0.1) is 0 Å². The lowest BCUT2D eigenvalue weighted by molar-refractivity contribution is -0.151. The van der Waals surface area contributed by atoms with E-state index in [1.807, 2.05) is 24.3 Å². The molecule has 1 aliphatic carbocycles. The summed E-state index contributed by atoms with van der Waals surface area (Å²) in [7, 11) is 1.79. The molecule has 0 aromatic heterocycles. The lowest BCUT2D eigenvalue weighted by Gasteiger charge is -2.18. The average molecular weight is 262 g/mol. The quantitative estimate of drug-likeness (QED) is 0.628. The second kappa shape index (κ2) is 6.57. The standard InChI is InChI=1S/C15H22N2O2/c1-17-14(10-11-6-8-12(16)9-7-11)15(18)19-13-4-2-3-5-13/h6-9,13-14,17H,2-5,10,16H2,1H3/t14-/m0/s1. The number of hydrogen-bond donors (Lipinski definition) is 2. The Morgan fingerprint density at radius 3 is 2.58 bits per heavy atom.